The lowest BCUT2D eigenvalue weighted by Gasteiger charge is -2.27. The third-order valence-corrected chi connectivity index (χ3v) is 7.26. The summed E-state index contributed by atoms with van der Waals surface area (Å²) in [6, 6.07) is 26.6. The van der Waals surface area contributed by atoms with Gasteiger partial charge >= 0.3 is 0 Å². The van der Waals surface area contributed by atoms with Gasteiger partial charge in [0.15, 0.2) is 0 Å². The van der Waals surface area contributed by atoms with Crippen molar-refractivity contribution >= 4 is 29.5 Å². The highest BCUT2D eigenvalue weighted by Crippen LogP contribution is 2.32. The maximum atomic E-state index is 13.5. The lowest BCUT2D eigenvalue weighted by atomic mass is 9.93. The van der Waals surface area contributed by atoms with E-state index in [1.807, 2.05) is 91.1 Å². The first kappa shape index (κ1) is 28.6. The number of rotatable bonds is 9. The van der Waals surface area contributed by atoms with Crippen LogP contribution in [0.5, 0.6) is 5.75 Å². The molecule has 0 radical (unpaired) electrons. The minimum Gasteiger partial charge on any atom is -0.489 e. The minimum atomic E-state index is -0.623. The molecule has 9 heteroatoms. The van der Waals surface area contributed by atoms with E-state index in [1.165, 1.54) is 7.11 Å². The zero-order chi connectivity index (χ0) is 29.6. The maximum Gasteiger partial charge on any atom is 0.271 e. The van der Waals surface area contributed by atoms with Crippen LogP contribution in [0.2, 0.25) is 5.02 Å². The first-order valence-corrected chi connectivity index (χ1v) is 13.6. The van der Waals surface area contributed by atoms with E-state index in [0.29, 0.717) is 34.2 Å². The smallest absolute Gasteiger partial charge is 0.271 e. The standard InChI is InChI=1S/C33H27ClN4O4/c1-22-28(32(39)37(16-17-41-2)33(40)29(22)19-35)18-25-20-38(26-9-4-3-5-10-26)36-31(25)23-12-14-27(15-13-23)42-21-24-8-6-7-11-30(24)34/h3-15,18,20H,16-17,21H2,1-2H3/b28-18+. The number of methoxy groups -OCH3 is 1. The van der Waals surface area contributed by atoms with Crippen LogP contribution in [0.15, 0.2) is 102 Å². The average Bonchev–Trinajstić information content (AvgIpc) is 3.44. The molecule has 8 nitrogen and oxygen atoms in total. The lowest BCUT2D eigenvalue weighted by molar-refractivity contribution is -0.141. The summed E-state index contributed by atoms with van der Waals surface area (Å²) >= 11 is 6.26. The Kier molecular flexibility index (Phi) is 8.63. The summed E-state index contributed by atoms with van der Waals surface area (Å²) in [6.45, 7) is 2.13. The van der Waals surface area contributed by atoms with E-state index in [4.69, 9.17) is 26.2 Å². The van der Waals surface area contributed by atoms with Crippen molar-refractivity contribution in [3.8, 4) is 28.8 Å². The molecule has 0 unspecified atom stereocenters. The summed E-state index contributed by atoms with van der Waals surface area (Å²) in [6.07, 6.45) is 3.51. The van der Waals surface area contributed by atoms with Crippen molar-refractivity contribution in [2.24, 2.45) is 0 Å². The fourth-order valence-electron chi connectivity index (χ4n) is 4.59. The molecule has 0 spiro atoms. The van der Waals surface area contributed by atoms with E-state index in [1.54, 1.807) is 17.7 Å². The lowest BCUT2D eigenvalue weighted by Crippen LogP contribution is -2.44. The van der Waals surface area contributed by atoms with Crippen molar-refractivity contribution in [1.82, 2.24) is 14.7 Å². The second kappa shape index (κ2) is 12.7. The van der Waals surface area contributed by atoms with Gasteiger partial charge in [0.25, 0.3) is 11.8 Å². The van der Waals surface area contributed by atoms with Gasteiger partial charge < -0.3 is 9.47 Å². The highest BCUT2D eigenvalue weighted by atomic mass is 35.5. The van der Waals surface area contributed by atoms with Gasteiger partial charge in [-0.2, -0.15) is 10.4 Å². The SMILES string of the molecule is COCCN1C(=O)C(C#N)=C(C)/C(=C\c2cn(-c3ccccc3)nc2-c2ccc(OCc3ccccc3Cl)cc2)C1=O. The van der Waals surface area contributed by atoms with E-state index in [-0.39, 0.29) is 24.3 Å². The number of nitriles is 1. The van der Waals surface area contributed by atoms with Gasteiger partial charge in [-0.25, -0.2) is 4.68 Å². The van der Waals surface area contributed by atoms with Crippen LogP contribution in [0.25, 0.3) is 23.0 Å². The van der Waals surface area contributed by atoms with E-state index in [0.717, 1.165) is 21.7 Å². The first-order valence-electron chi connectivity index (χ1n) is 13.2. The summed E-state index contributed by atoms with van der Waals surface area (Å²) in [5, 5.41) is 15.2. The molecule has 2 heterocycles. The van der Waals surface area contributed by atoms with Gasteiger partial charge in [0.2, 0.25) is 0 Å². The second-order valence-electron chi connectivity index (χ2n) is 9.54. The van der Waals surface area contributed by atoms with Gasteiger partial charge in [0.05, 0.1) is 24.5 Å². The Hall–Kier alpha value is -4.97. The van der Waals surface area contributed by atoms with Crippen LogP contribution in [-0.2, 0) is 20.9 Å². The number of carbonyl (C=O) groups is 2. The molecule has 0 fully saturated rings. The Labute approximate surface area is 248 Å². The molecule has 0 N–H and O–H groups in total. The molecular formula is C33H27ClN4O4. The van der Waals surface area contributed by atoms with Crippen molar-refractivity contribution in [1.29, 1.82) is 5.26 Å². The quantitative estimate of drug-likeness (QED) is 0.178. The number of hydrogen-bond donors (Lipinski definition) is 0. The number of amides is 2. The molecule has 0 bridgehead atoms. The summed E-state index contributed by atoms with van der Waals surface area (Å²) in [5.41, 5.74) is 4.26. The highest BCUT2D eigenvalue weighted by Gasteiger charge is 2.35. The van der Waals surface area contributed by atoms with E-state index in [2.05, 4.69) is 0 Å². The molecule has 0 aliphatic carbocycles. The third kappa shape index (κ3) is 5.88. The number of aromatic nitrogens is 2. The molecule has 0 saturated heterocycles. The Morgan fingerprint density at radius 2 is 1.69 bits per heavy atom. The number of benzene rings is 3. The Balaban J connectivity index is 1.54. The van der Waals surface area contributed by atoms with Crippen LogP contribution in [0.4, 0.5) is 0 Å². The van der Waals surface area contributed by atoms with Gasteiger partial charge in [-0.1, -0.05) is 48.0 Å². The van der Waals surface area contributed by atoms with Crippen molar-refractivity contribution < 1.29 is 19.1 Å². The van der Waals surface area contributed by atoms with Crippen molar-refractivity contribution in [3.05, 3.63) is 118 Å². The predicted octanol–water partition coefficient (Wildman–Crippen LogP) is 6.01. The number of ether oxygens (including phenoxy) is 2. The van der Waals surface area contributed by atoms with Crippen LogP contribution in [0, 0.1) is 11.3 Å². The highest BCUT2D eigenvalue weighted by molar-refractivity contribution is 6.31. The Morgan fingerprint density at radius 3 is 2.38 bits per heavy atom. The van der Waals surface area contributed by atoms with E-state index < -0.39 is 11.8 Å². The monoisotopic (exact) mass is 578 g/mol. The third-order valence-electron chi connectivity index (χ3n) is 6.89. The number of nitrogens with zero attached hydrogens (tertiary/aromatic N) is 4. The molecular weight excluding hydrogens is 552 g/mol. The molecule has 3 aromatic carbocycles. The number of halogens is 1. The second-order valence-corrected chi connectivity index (χ2v) is 9.95. The van der Waals surface area contributed by atoms with Gasteiger partial charge in [0.1, 0.15) is 24.0 Å². The average molecular weight is 579 g/mol. The minimum absolute atomic E-state index is 0.0375. The zero-order valence-electron chi connectivity index (χ0n) is 23.1. The number of hydrogen-bond acceptors (Lipinski definition) is 6. The number of para-hydroxylation sites is 1. The molecule has 0 atom stereocenters. The number of imide groups is 1. The number of carbonyl (C=O) groups excluding carboxylic acids is 2. The van der Waals surface area contributed by atoms with Crippen LogP contribution in [-0.4, -0.2) is 46.8 Å². The summed E-state index contributed by atoms with van der Waals surface area (Å²) in [7, 11) is 1.49. The van der Waals surface area contributed by atoms with Crippen LogP contribution >= 0.6 is 11.6 Å². The zero-order valence-corrected chi connectivity index (χ0v) is 23.8. The first-order chi connectivity index (χ1) is 20.4. The molecule has 1 aliphatic heterocycles. The molecule has 2 amide bonds. The molecule has 210 valence electrons. The van der Waals surface area contributed by atoms with Gasteiger partial charge in [-0.05, 0) is 61.0 Å². The molecule has 5 rings (SSSR count). The van der Waals surface area contributed by atoms with Gasteiger partial charge in [-0.15, -0.1) is 0 Å². The van der Waals surface area contributed by atoms with Crippen molar-refractivity contribution in [3.63, 3.8) is 0 Å². The van der Waals surface area contributed by atoms with Crippen LogP contribution in [0.1, 0.15) is 18.1 Å². The van der Waals surface area contributed by atoms with Crippen molar-refractivity contribution in [2.75, 3.05) is 20.3 Å². The van der Waals surface area contributed by atoms with Crippen molar-refractivity contribution in [2.45, 2.75) is 13.5 Å². The fourth-order valence-corrected chi connectivity index (χ4v) is 4.78. The summed E-state index contributed by atoms with van der Waals surface area (Å²) < 4.78 is 12.8. The largest absolute Gasteiger partial charge is 0.489 e. The Bertz CT molecular complexity index is 1730. The fraction of sp³-hybridized carbons (Fsp3) is 0.152. The molecule has 1 aliphatic rings. The summed E-state index contributed by atoms with van der Waals surface area (Å²) in [4.78, 5) is 27.4. The van der Waals surface area contributed by atoms with E-state index in [9.17, 15) is 14.9 Å². The van der Waals surface area contributed by atoms with Crippen LogP contribution < -0.4 is 4.74 Å². The van der Waals surface area contributed by atoms with E-state index >= 15 is 0 Å². The molecule has 4 aromatic rings. The molecule has 42 heavy (non-hydrogen) atoms. The summed E-state index contributed by atoms with van der Waals surface area (Å²) in [5.74, 6) is -0.453. The Morgan fingerprint density at radius 1 is 0.976 bits per heavy atom. The van der Waals surface area contributed by atoms with Gasteiger partial charge in [0, 0.05) is 40.6 Å². The predicted molar refractivity (Wildman–Crippen MR) is 160 cm³/mol. The maximum absolute atomic E-state index is 13.5. The normalized spacial score (nSPS) is 14.4. The van der Waals surface area contributed by atoms with Gasteiger partial charge in [-0.3, -0.25) is 14.5 Å². The molecule has 1 aromatic heterocycles. The molecule has 0 saturated carbocycles. The van der Waals surface area contributed by atoms with Crippen LogP contribution in [0.3, 0.4) is 0 Å². The topological polar surface area (TPSA) is 97.5 Å².